The Morgan fingerprint density at radius 3 is 2.90 bits per heavy atom. The van der Waals surface area contributed by atoms with Gasteiger partial charge in [0.1, 0.15) is 0 Å². The van der Waals surface area contributed by atoms with Crippen LogP contribution >= 0.6 is 11.3 Å². The Bertz CT molecular complexity index is 503. The number of ether oxygens (including phenoxy) is 1. The zero-order valence-electron chi connectivity index (χ0n) is 12.4. The highest BCUT2D eigenvalue weighted by atomic mass is 32.1. The number of rotatable bonds is 9. The first-order chi connectivity index (χ1) is 9.81. The minimum absolute atomic E-state index is 0.388. The van der Waals surface area contributed by atoms with Gasteiger partial charge in [-0.15, -0.1) is 11.3 Å². The van der Waals surface area contributed by atoms with Crippen LogP contribution in [0.15, 0.2) is 29.6 Å². The third kappa shape index (κ3) is 4.60. The molecule has 0 spiro atoms. The average Bonchev–Trinajstić information content (AvgIpc) is 2.88. The number of benzene rings is 1. The molecule has 2 rings (SSSR count). The molecule has 1 radical (unpaired) electrons. The molecule has 0 aliphatic heterocycles. The maximum absolute atomic E-state index is 5.83. The van der Waals surface area contributed by atoms with Crippen LogP contribution in [0, 0.1) is 6.92 Å². The summed E-state index contributed by atoms with van der Waals surface area (Å²) in [4.78, 5) is 0. The lowest BCUT2D eigenvalue weighted by Gasteiger charge is -2.12. The number of hydrogen-bond donors (Lipinski definition) is 0. The molecule has 2 aromatic rings. The molecule has 1 heterocycles. The fraction of sp³-hybridized carbons (Fsp3) is 0.500. The SMILES string of the molecule is [CH2]CCCC(C)OCCCCc1csc2ccccc12. The van der Waals surface area contributed by atoms with E-state index in [1.807, 2.05) is 11.3 Å². The van der Waals surface area contributed by atoms with Gasteiger partial charge in [-0.05, 0) is 55.0 Å². The van der Waals surface area contributed by atoms with Gasteiger partial charge in [0.15, 0.2) is 0 Å². The highest BCUT2D eigenvalue weighted by molar-refractivity contribution is 7.17. The van der Waals surface area contributed by atoms with Crippen molar-refractivity contribution in [1.29, 1.82) is 0 Å². The molecule has 0 aliphatic carbocycles. The van der Waals surface area contributed by atoms with E-state index < -0.39 is 0 Å². The molecule has 20 heavy (non-hydrogen) atoms. The second kappa shape index (κ2) is 8.43. The minimum Gasteiger partial charge on any atom is -0.379 e. The van der Waals surface area contributed by atoms with Gasteiger partial charge in [0.25, 0.3) is 0 Å². The lowest BCUT2D eigenvalue weighted by Crippen LogP contribution is -2.09. The molecule has 0 N–H and O–H groups in total. The third-order valence-electron chi connectivity index (χ3n) is 3.66. The average molecular weight is 289 g/mol. The van der Waals surface area contributed by atoms with Crippen LogP contribution in [0.3, 0.4) is 0 Å². The fourth-order valence-corrected chi connectivity index (χ4v) is 3.44. The monoisotopic (exact) mass is 289 g/mol. The number of hydrogen-bond acceptors (Lipinski definition) is 2. The van der Waals surface area contributed by atoms with Crippen LogP contribution < -0.4 is 0 Å². The second-order valence-electron chi connectivity index (χ2n) is 5.39. The lowest BCUT2D eigenvalue weighted by molar-refractivity contribution is 0.0567. The van der Waals surface area contributed by atoms with Crippen LogP contribution in [-0.2, 0) is 11.2 Å². The van der Waals surface area contributed by atoms with Gasteiger partial charge in [0, 0.05) is 11.3 Å². The third-order valence-corrected chi connectivity index (χ3v) is 4.68. The molecular formula is C18H25OS. The van der Waals surface area contributed by atoms with Gasteiger partial charge >= 0.3 is 0 Å². The maximum Gasteiger partial charge on any atom is 0.0547 e. The molecule has 1 atom stereocenters. The lowest BCUT2D eigenvalue weighted by atomic mass is 10.1. The normalized spacial score (nSPS) is 12.9. The van der Waals surface area contributed by atoms with Crippen molar-refractivity contribution in [3.05, 3.63) is 42.1 Å². The van der Waals surface area contributed by atoms with Crippen LogP contribution in [0.5, 0.6) is 0 Å². The second-order valence-corrected chi connectivity index (χ2v) is 6.30. The quantitative estimate of drug-likeness (QED) is 0.543. The Labute approximate surface area is 127 Å². The standard InChI is InChI=1S/C18H25OS/c1-3-4-9-15(2)19-13-8-7-10-16-14-20-18-12-6-5-11-17(16)18/h5-6,11-12,14-15H,1,3-4,7-10,13H2,2H3. The first-order valence-electron chi connectivity index (χ1n) is 7.67. The molecule has 2 heteroatoms. The summed E-state index contributed by atoms with van der Waals surface area (Å²) in [6.45, 7) is 6.92. The van der Waals surface area contributed by atoms with Gasteiger partial charge in [-0.25, -0.2) is 0 Å². The minimum atomic E-state index is 0.388. The largest absolute Gasteiger partial charge is 0.379 e. The Morgan fingerprint density at radius 1 is 1.20 bits per heavy atom. The fourth-order valence-electron chi connectivity index (χ4n) is 2.44. The van der Waals surface area contributed by atoms with Crippen molar-refractivity contribution in [2.45, 2.75) is 51.6 Å². The zero-order chi connectivity index (χ0) is 14.2. The maximum atomic E-state index is 5.83. The van der Waals surface area contributed by atoms with Crippen molar-refractivity contribution in [2.24, 2.45) is 0 Å². The molecule has 0 fully saturated rings. The van der Waals surface area contributed by atoms with E-state index in [1.54, 1.807) is 0 Å². The van der Waals surface area contributed by atoms with Crippen molar-refractivity contribution in [2.75, 3.05) is 6.61 Å². The summed E-state index contributed by atoms with van der Waals surface area (Å²) in [5.74, 6) is 0. The molecule has 1 aromatic carbocycles. The first-order valence-corrected chi connectivity index (χ1v) is 8.55. The van der Waals surface area contributed by atoms with Crippen LogP contribution in [0.1, 0.15) is 44.6 Å². The van der Waals surface area contributed by atoms with Gasteiger partial charge in [-0.3, -0.25) is 0 Å². The summed E-state index contributed by atoms with van der Waals surface area (Å²) in [7, 11) is 0. The molecule has 1 nitrogen and oxygen atoms in total. The molecule has 0 bridgehead atoms. The molecule has 1 aromatic heterocycles. The van der Waals surface area contributed by atoms with E-state index in [2.05, 4.69) is 43.5 Å². The summed E-state index contributed by atoms with van der Waals surface area (Å²) >= 11 is 1.85. The first kappa shape index (κ1) is 15.5. The van der Waals surface area contributed by atoms with E-state index in [4.69, 9.17) is 4.74 Å². The summed E-state index contributed by atoms with van der Waals surface area (Å²) in [6, 6.07) is 8.69. The number of aryl methyl sites for hydroxylation is 1. The predicted molar refractivity (Wildman–Crippen MR) is 89.4 cm³/mol. The van der Waals surface area contributed by atoms with E-state index >= 15 is 0 Å². The van der Waals surface area contributed by atoms with Gasteiger partial charge in [-0.2, -0.15) is 0 Å². The van der Waals surface area contributed by atoms with Gasteiger partial charge < -0.3 is 4.74 Å². The van der Waals surface area contributed by atoms with Crippen molar-refractivity contribution < 1.29 is 4.74 Å². The summed E-state index contributed by atoms with van der Waals surface area (Å²) in [5, 5.41) is 3.74. The predicted octanol–water partition coefficient (Wildman–Crippen LogP) is 5.63. The molecule has 1 unspecified atom stereocenters. The molecular weight excluding hydrogens is 264 g/mol. The number of unbranched alkanes of at least 4 members (excludes halogenated alkanes) is 2. The molecule has 0 saturated heterocycles. The van der Waals surface area contributed by atoms with Crippen molar-refractivity contribution in [3.8, 4) is 0 Å². The van der Waals surface area contributed by atoms with Crippen LogP contribution in [0.25, 0.3) is 10.1 Å². The highest BCUT2D eigenvalue weighted by Crippen LogP contribution is 2.26. The van der Waals surface area contributed by atoms with E-state index in [0.29, 0.717) is 6.10 Å². The van der Waals surface area contributed by atoms with E-state index in [9.17, 15) is 0 Å². The van der Waals surface area contributed by atoms with Gasteiger partial charge in [0.05, 0.1) is 6.10 Å². The molecule has 109 valence electrons. The summed E-state index contributed by atoms with van der Waals surface area (Å²) in [6.07, 6.45) is 7.24. The van der Waals surface area contributed by atoms with Gasteiger partial charge in [0.2, 0.25) is 0 Å². The van der Waals surface area contributed by atoms with E-state index in [1.165, 1.54) is 34.9 Å². The van der Waals surface area contributed by atoms with E-state index in [-0.39, 0.29) is 0 Å². The van der Waals surface area contributed by atoms with Crippen molar-refractivity contribution >= 4 is 21.4 Å². The van der Waals surface area contributed by atoms with Crippen LogP contribution in [-0.4, -0.2) is 12.7 Å². The van der Waals surface area contributed by atoms with Crippen molar-refractivity contribution in [3.63, 3.8) is 0 Å². The Balaban J connectivity index is 1.66. The summed E-state index contributed by atoms with van der Waals surface area (Å²) < 4.78 is 7.23. The van der Waals surface area contributed by atoms with Gasteiger partial charge in [-0.1, -0.05) is 38.0 Å². The smallest absolute Gasteiger partial charge is 0.0547 e. The zero-order valence-corrected chi connectivity index (χ0v) is 13.3. The molecule has 0 amide bonds. The van der Waals surface area contributed by atoms with Crippen LogP contribution in [0.4, 0.5) is 0 Å². The Morgan fingerprint density at radius 2 is 2.05 bits per heavy atom. The molecule has 0 saturated carbocycles. The van der Waals surface area contributed by atoms with E-state index in [0.717, 1.165) is 25.9 Å². The molecule has 0 aliphatic rings. The van der Waals surface area contributed by atoms with Crippen molar-refractivity contribution in [1.82, 2.24) is 0 Å². The number of thiophene rings is 1. The highest BCUT2D eigenvalue weighted by Gasteiger charge is 2.04. The van der Waals surface area contributed by atoms with Crippen LogP contribution in [0.2, 0.25) is 0 Å². The number of fused-ring (bicyclic) bond motifs is 1. The summed E-state index contributed by atoms with van der Waals surface area (Å²) in [5.41, 5.74) is 1.50. The topological polar surface area (TPSA) is 9.23 Å². The Hall–Kier alpha value is -0.860. The Kier molecular flexibility index (Phi) is 6.55.